The van der Waals surface area contributed by atoms with Gasteiger partial charge in [-0.25, -0.2) is 9.37 Å². The van der Waals surface area contributed by atoms with E-state index in [1.165, 1.54) is 13.2 Å². The number of halogens is 1. The molecule has 4 heterocycles. The molecule has 2 atom stereocenters. The number of benzene rings is 1. The molecule has 3 aromatic rings. The molecular formula is C20H21FN6O2. The zero-order valence-corrected chi connectivity index (χ0v) is 15.9. The van der Waals surface area contributed by atoms with Crippen molar-refractivity contribution in [1.82, 2.24) is 20.2 Å². The highest BCUT2D eigenvalue weighted by Gasteiger charge is 2.38. The fourth-order valence-corrected chi connectivity index (χ4v) is 3.99. The first kappa shape index (κ1) is 17.9. The number of aromatic nitrogens is 4. The lowest BCUT2D eigenvalue weighted by Crippen LogP contribution is -2.46. The molecule has 0 aliphatic carbocycles. The van der Waals surface area contributed by atoms with Crippen molar-refractivity contribution < 1.29 is 13.9 Å². The lowest BCUT2D eigenvalue weighted by Gasteiger charge is -2.34. The summed E-state index contributed by atoms with van der Waals surface area (Å²) >= 11 is 0. The highest BCUT2D eigenvalue weighted by atomic mass is 19.1. The molecule has 2 aliphatic heterocycles. The Morgan fingerprint density at radius 3 is 2.76 bits per heavy atom. The van der Waals surface area contributed by atoms with Crippen LogP contribution in [0, 0.1) is 5.82 Å². The van der Waals surface area contributed by atoms with Crippen LogP contribution in [0.2, 0.25) is 0 Å². The van der Waals surface area contributed by atoms with Gasteiger partial charge in [0.05, 0.1) is 38.1 Å². The maximum atomic E-state index is 14.3. The first-order valence-electron chi connectivity index (χ1n) is 9.57. The second-order valence-electron chi connectivity index (χ2n) is 7.21. The van der Waals surface area contributed by atoms with Crippen molar-refractivity contribution in [3.05, 3.63) is 42.3 Å². The average molecular weight is 396 g/mol. The monoisotopic (exact) mass is 396 g/mol. The van der Waals surface area contributed by atoms with E-state index in [-0.39, 0.29) is 5.82 Å². The fourth-order valence-electron chi connectivity index (χ4n) is 3.99. The summed E-state index contributed by atoms with van der Waals surface area (Å²) in [6, 6.07) is 8.90. The van der Waals surface area contributed by atoms with Gasteiger partial charge in [-0.05, 0) is 31.0 Å². The van der Waals surface area contributed by atoms with E-state index in [2.05, 4.69) is 30.4 Å². The van der Waals surface area contributed by atoms with Crippen molar-refractivity contribution in [2.24, 2.45) is 0 Å². The molecule has 2 saturated heterocycles. The molecule has 2 aromatic heterocycles. The Bertz CT molecular complexity index is 1010. The van der Waals surface area contributed by atoms with Gasteiger partial charge in [0.2, 0.25) is 5.95 Å². The molecule has 2 fully saturated rings. The van der Waals surface area contributed by atoms with Gasteiger partial charge in [0.1, 0.15) is 17.4 Å². The minimum atomic E-state index is -0.383. The smallest absolute Gasteiger partial charge is 0.227 e. The van der Waals surface area contributed by atoms with Gasteiger partial charge >= 0.3 is 0 Å². The number of fused-ring (bicyclic) bond motifs is 2. The predicted octanol–water partition coefficient (Wildman–Crippen LogP) is 3.13. The molecule has 2 N–H and O–H groups in total. The van der Waals surface area contributed by atoms with E-state index in [1.807, 2.05) is 0 Å². The van der Waals surface area contributed by atoms with E-state index in [4.69, 9.17) is 9.47 Å². The van der Waals surface area contributed by atoms with E-state index >= 15 is 0 Å². The highest BCUT2D eigenvalue weighted by molar-refractivity contribution is 5.66. The largest absolute Gasteiger partial charge is 0.497 e. The third-order valence-electron chi connectivity index (χ3n) is 5.41. The minimum absolute atomic E-state index is 0.332. The molecule has 0 radical (unpaired) electrons. The quantitative estimate of drug-likeness (QED) is 0.685. The van der Waals surface area contributed by atoms with Crippen molar-refractivity contribution in [2.75, 3.05) is 30.5 Å². The summed E-state index contributed by atoms with van der Waals surface area (Å²) in [5.74, 6) is 1.96. The second-order valence-corrected chi connectivity index (χ2v) is 7.21. The van der Waals surface area contributed by atoms with Crippen LogP contribution in [-0.2, 0) is 4.74 Å². The zero-order valence-electron chi connectivity index (χ0n) is 15.9. The molecule has 5 rings (SSSR count). The van der Waals surface area contributed by atoms with E-state index in [1.54, 1.807) is 30.5 Å². The third-order valence-corrected chi connectivity index (χ3v) is 5.41. The van der Waals surface area contributed by atoms with Gasteiger partial charge in [-0.15, -0.1) is 0 Å². The Kier molecular flexibility index (Phi) is 4.51. The number of hydrogen-bond donors (Lipinski definition) is 2. The van der Waals surface area contributed by atoms with Crippen molar-refractivity contribution in [3.8, 4) is 17.0 Å². The Labute approximate surface area is 167 Å². The second kappa shape index (κ2) is 7.32. The van der Waals surface area contributed by atoms with E-state index < -0.39 is 0 Å². The average Bonchev–Trinajstić information content (AvgIpc) is 3.29. The van der Waals surface area contributed by atoms with Crippen molar-refractivity contribution >= 4 is 17.6 Å². The number of methoxy groups -OCH3 is 1. The number of anilines is 3. The molecule has 150 valence electrons. The van der Waals surface area contributed by atoms with Crippen molar-refractivity contribution in [1.29, 1.82) is 0 Å². The van der Waals surface area contributed by atoms with Crippen LogP contribution in [0.5, 0.6) is 5.75 Å². The molecule has 9 heteroatoms. The molecule has 2 bridgehead atoms. The predicted molar refractivity (Wildman–Crippen MR) is 106 cm³/mol. The van der Waals surface area contributed by atoms with Gasteiger partial charge < -0.3 is 19.7 Å². The van der Waals surface area contributed by atoms with Gasteiger partial charge in [-0.3, -0.25) is 5.10 Å². The number of rotatable bonds is 5. The Hall–Kier alpha value is -3.20. The molecule has 29 heavy (non-hydrogen) atoms. The van der Waals surface area contributed by atoms with Crippen LogP contribution in [0.4, 0.5) is 22.0 Å². The fraction of sp³-hybridized carbons (Fsp3) is 0.350. The van der Waals surface area contributed by atoms with Crippen LogP contribution in [0.3, 0.4) is 0 Å². The number of H-pyrrole nitrogens is 1. The summed E-state index contributed by atoms with van der Waals surface area (Å²) in [6.07, 6.45) is 3.93. The Morgan fingerprint density at radius 1 is 1.17 bits per heavy atom. The molecule has 1 aromatic carbocycles. The van der Waals surface area contributed by atoms with Crippen LogP contribution in [-0.4, -0.2) is 52.6 Å². The molecular weight excluding hydrogens is 375 g/mol. The third kappa shape index (κ3) is 3.38. The van der Waals surface area contributed by atoms with Gasteiger partial charge in [0.25, 0.3) is 0 Å². The highest BCUT2D eigenvalue weighted by Crippen LogP contribution is 2.32. The first-order valence-corrected chi connectivity index (χ1v) is 9.57. The Balaban J connectivity index is 1.35. The van der Waals surface area contributed by atoms with Crippen molar-refractivity contribution in [2.45, 2.75) is 24.9 Å². The summed E-state index contributed by atoms with van der Waals surface area (Å²) in [4.78, 5) is 11.4. The number of nitrogens with one attached hydrogen (secondary N) is 2. The van der Waals surface area contributed by atoms with Crippen molar-refractivity contribution in [3.63, 3.8) is 0 Å². The van der Waals surface area contributed by atoms with Crippen LogP contribution < -0.4 is 15.0 Å². The van der Waals surface area contributed by atoms with Crippen LogP contribution in [0.1, 0.15) is 12.8 Å². The molecule has 2 aliphatic rings. The molecule has 2 unspecified atom stereocenters. The molecule has 0 spiro atoms. The van der Waals surface area contributed by atoms with Gasteiger partial charge in [0.15, 0.2) is 5.82 Å². The number of aromatic amines is 1. The zero-order chi connectivity index (χ0) is 19.8. The number of ether oxygens (including phenoxy) is 2. The van der Waals surface area contributed by atoms with E-state index in [9.17, 15) is 4.39 Å². The lowest BCUT2D eigenvalue weighted by atomic mass is 10.1. The molecule has 0 saturated carbocycles. The van der Waals surface area contributed by atoms with Crippen LogP contribution in [0.15, 0.2) is 36.5 Å². The van der Waals surface area contributed by atoms with Crippen LogP contribution in [0.25, 0.3) is 11.3 Å². The topological polar surface area (TPSA) is 88.2 Å². The first-order chi connectivity index (χ1) is 14.2. The normalized spacial score (nSPS) is 20.7. The van der Waals surface area contributed by atoms with Gasteiger partial charge in [-0.2, -0.15) is 10.1 Å². The summed E-state index contributed by atoms with van der Waals surface area (Å²) < 4.78 is 25.0. The summed E-state index contributed by atoms with van der Waals surface area (Å²) in [7, 11) is 1.50. The number of nitrogens with zero attached hydrogens (tertiary/aromatic N) is 4. The molecule has 0 amide bonds. The lowest BCUT2D eigenvalue weighted by molar-refractivity contribution is 0.0897. The van der Waals surface area contributed by atoms with E-state index in [0.29, 0.717) is 59.9 Å². The summed E-state index contributed by atoms with van der Waals surface area (Å²) in [5.41, 5.74) is 0.979. The minimum Gasteiger partial charge on any atom is -0.497 e. The summed E-state index contributed by atoms with van der Waals surface area (Å²) in [6.45, 7) is 1.43. The van der Waals surface area contributed by atoms with E-state index in [0.717, 1.165) is 12.8 Å². The van der Waals surface area contributed by atoms with Crippen LogP contribution >= 0.6 is 0 Å². The summed E-state index contributed by atoms with van der Waals surface area (Å²) in [5, 5.41) is 10.3. The van der Waals surface area contributed by atoms with Gasteiger partial charge in [-0.1, -0.05) is 0 Å². The Morgan fingerprint density at radius 2 is 2.00 bits per heavy atom. The SMILES string of the molecule is COc1ccc(-c2cc(Nc3ccnc(N4C5CCC4COC5)n3)n[nH]2)c(F)c1. The number of hydrogen-bond acceptors (Lipinski definition) is 7. The molecule has 8 nitrogen and oxygen atoms in total. The standard InChI is InChI=1S/C20H21FN6O2/c1-28-14-4-5-15(16(21)8-14)17-9-19(26-25-17)23-18-6-7-22-20(24-18)27-12-2-3-13(27)11-29-10-12/h4-9,12-13H,2-3,10-11H2,1H3,(H2,22,23,24,25,26). The maximum Gasteiger partial charge on any atom is 0.227 e. The maximum absolute atomic E-state index is 14.3. The number of morpholine rings is 1. The van der Waals surface area contributed by atoms with Gasteiger partial charge in [0, 0.05) is 23.9 Å².